The van der Waals surface area contributed by atoms with E-state index in [4.69, 9.17) is 11.6 Å². The Hall–Kier alpha value is -1.51. The molecule has 0 spiro atoms. The number of rotatable bonds is 4. The Kier molecular flexibility index (Phi) is 5.38. The van der Waals surface area contributed by atoms with Crippen molar-refractivity contribution in [3.05, 3.63) is 45.1 Å². The van der Waals surface area contributed by atoms with Gasteiger partial charge < -0.3 is 5.32 Å². The molecule has 23 heavy (non-hydrogen) atoms. The van der Waals surface area contributed by atoms with Crippen molar-refractivity contribution in [3.63, 3.8) is 0 Å². The van der Waals surface area contributed by atoms with Gasteiger partial charge in [0.2, 0.25) is 15.0 Å². The number of anilines is 1. The van der Waals surface area contributed by atoms with Crippen molar-refractivity contribution in [2.24, 2.45) is 0 Å². The number of carbonyl (C=O) groups excluding carboxylic acids is 1. The monoisotopic (exact) mass is 417 g/mol. The lowest BCUT2D eigenvalue weighted by Crippen LogP contribution is -2.18. The van der Waals surface area contributed by atoms with Crippen molar-refractivity contribution in [2.45, 2.75) is 19.0 Å². The Labute approximate surface area is 147 Å². The normalized spacial score (nSPS) is 11.3. The van der Waals surface area contributed by atoms with Crippen molar-refractivity contribution >= 4 is 49.0 Å². The van der Waals surface area contributed by atoms with Gasteiger partial charge in [0.15, 0.2) is 0 Å². The molecule has 2 rings (SSSR count). The summed E-state index contributed by atoms with van der Waals surface area (Å²) in [6.45, 7) is 3.30. The zero-order valence-corrected chi connectivity index (χ0v) is 15.5. The summed E-state index contributed by atoms with van der Waals surface area (Å²) in [7, 11) is -3.60. The molecule has 0 saturated heterocycles. The fourth-order valence-corrected chi connectivity index (χ4v) is 2.94. The van der Waals surface area contributed by atoms with Crippen LogP contribution in [-0.2, 0) is 9.84 Å². The lowest BCUT2D eigenvalue weighted by Gasteiger charge is -2.10. The minimum atomic E-state index is -3.60. The first-order chi connectivity index (χ1) is 10.7. The number of aromatic nitrogens is 2. The summed E-state index contributed by atoms with van der Waals surface area (Å²) in [5.41, 5.74) is 1.27. The fraction of sp³-hybridized carbons (Fsp3) is 0.214. The number of carbonyl (C=O) groups is 1. The van der Waals surface area contributed by atoms with Gasteiger partial charge in [-0.1, -0.05) is 24.6 Å². The number of sulfone groups is 1. The minimum Gasteiger partial charge on any atom is -0.320 e. The van der Waals surface area contributed by atoms with Crippen LogP contribution in [-0.4, -0.2) is 30.0 Å². The van der Waals surface area contributed by atoms with Crippen LogP contribution in [0.5, 0.6) is 0 Å². The smallest absolute Gasteiger partial charge is 0.275 e. The second kappa shape index (κ2) is 6.94. The van der Waals surface area contributed by atoms with E-state index in [1.165, 1.54) is 13.1 Å². The number of hydrogen-bond acceptors (Lipinski definition) is 5. The molecular formula is C14H13BrClN3O3S. The molecule has 1 heterocycles. The fourth-order valence-electron chi connectivity index (χ4n) is 1.70. The highest BCUT2D eigenvalue weighted by Gasteiger charge is 2.21. The second-order valence-corrected chi connectivity index (χ2v) is 8.13. The van der Waals surface area contributed by atoms with E-state index in [2.05, 4.69) is 31.2 Å². The molecular weight excluding hydrogens is 406 g/mol. The standard InChI is InChI=1S/C14H13BrClN3O3S/c1-3-23(21,22)14-17-7-10(15)12(19-14)13(20)18-11-6-9(16)5-4-8(11)2/h4-7H,3H2,1-2H3,(H,18,20). The van der Waals surface area contributed by atoms with Crippen LogP contribution in [0.1, 0.15) is 23.0 Å². The van der Waals surface area contributed by atoms with E-state index in [0.717, 1.165) is 5.56 Å². The van der Waals surface area contributed by atoms with Crippen LogP contribution in [0.3, 0.4) is 0 Å². The Bertz CT molecular complexity index is 872. The molecule has 0 saturated carbocycles. The number of nitrogens with one attached hydrogen (secondary N) is 1. The van der Waals surface area contributed by atoms with Gasteiger partial charge in [-0.3, -0.25) is 4.79 Å². The molecule has 6 nitrogen and oxygen atoms in total. The summed E-state index contributed by atoms with van der Waals surface area (Å²) in [6, 6.07) is 5.08. The first-order valence-corrected chi connectivity index (χ1v) is 9.39. The maximum absolute atomic E-state index is 12.4. The molecule has 0 aliphatic heterocycles. The molecule has 0 atom stereocenters. The third-order valence-electron chi connectivity index (χ3n) is 3.04. The molecule has 0 fully saturated rings. The average molecular weight is 419 g/mol. The second-order valence-electron chi connectivity index (χ2n) is 4.67. The van der Waals surface area contributed by atoms with Crippen LogP contribution < -0.4 is 5.32 Å². The maximum atomic E-state index is 12.4. The van der Waals surface area contributed by atoms with E-state index in [1.54, 1.807) is 18.2 Å². The largest absolute Gasteiger partial charge is 0.320 e. The molecule has 1 aromatic carbocycles. The highest BCUT2D eigenvalue weighted by atomic mass is 79.9. The summed E-state index contributed by atoms with van der Waals surface area (Å²) in [5, 5.41) is 2.76. The van der Waals surface area contributed by atoms with Gasteiger partial charge >= 0.3 is 0 Å². The van der Waals surface area contributed by atoms with Gasteiger partial charge in [-0.15, -0.1) is 0 Å². The van der Waals surface area contributed by atoms with E-state index in [1.807, 2.05) is 6.92 Å². The predicted molar refractivity (Wildman–Crippen MR) is 91.6 cm³/mol. The molecule has 2 aromatic rings. The van der Waals surface area contributed by atoms with Crippen LogP contribution in [0.4, 0.5) is 5.69 Å². The Morgan fingerprint density at radius 1 is 1.39 bits per heavy atom. The van der Waals surface area contributed by atoms with Crippen LogP contribution in [0.25, 0.3) is 0 Å². The number of nitrogens with zero attached hydrogens (tertiary/aromatic N) is 2. The van der Waals surface area contributed by atoms with Crippen molar-refractivity contribution in [1.82, 2.24) is 9.97 Å². The predicted octanol–water partition coefficient (Wildman–Crippen LogP) is 3.25. The van der Waals surface area contributed by atoms with Crippen molar-refractivity contribution in [3.8, 4) is 0 Å². The Balaban J connectivity index is 2.39. The quantitative estimate of drug-likeness (QED) is 0.770. The molecule has 0 bridgehead atoms. The summed E-state index contributed by atoms with van der Waals surface area (Å²) < 4.78 is 24.0. The summed E-state index contributed by atoms with van der Waals surface area (Å²) in [4.78, 5) is 20.0. The number of hydrogen-bond donors (Lipinski definition) is 1. The molecule has 0 aliphatic rings. The maximum Gasteiger partial charge on any atom is 0.275 e. The van der Waals surface area contributed by atoms with Crippen LogP contribution in [0.15, 0.2) is 34.0 Å². The Morgan fingerprint density at radius 3 is 2.74 bits per heavy atom. The zero-order valence-electron chi connectivity index (χ0n) is 12.3. The van der Waals surface area contributed by atoms with E-state index in [-0.39, 0.29) is 16.6 Å². The number of benzene rings is 1. The minimum absolute atomic E-state index is 0.0635. The summed E-state index contributed by atoms with van der Waals surface area (Å²) >= 11 is 9.08. The van der Waals surface area contributed by atoms with E-state index in [9.17, 15) is 13.2 Å². The van der Waals surface area contributed by atoms with Gasteiger partial charge in [0.1, 0.15) is 5.69 Å². The van der Waals surface area contributed by atoms with Crippen molar-refractivity contribution < 1.29 is 13.2 Å². The molecule has 1 N–H and O–H groups in total. The zero-order chi connectivity index (χ0) is 17.2. The number of halogens is 2. The first-order valence-electron chi connectivity index (χ1n) is 6.57. The molecule has 1 aromatic heterocycles. The average Bonchev–Trinajstić information content (AvgIpc) is 2.51. The van der Waals surface area contributed by atoms with Gasteiger partial charge in [0, 0.05) is 16.9 Å². The lowest BCUT2D eigenvalue weighted by molar-refractivity contribution is 0.102. The lowest BCUT2D eigenvalue weighted by atomic mass is 10.2. The number of amides is 1. The van der Waals surface area contributed by atoms with Gasteiger partial charge in [0.25, 0.3) is 5.91 Å². The van der Waals surface area contributed by atoms with Gasteiger partial charge in [0.05, 0.1) is 10.2 Å². The molecule has 1 amide bonds. The molecule has 9 heteroatoms. The van der Waals surface area contributed by atoms with E-state index < -0.39 is 15.7 Å². The topological polar surface area (TPSA) is 89.0 Å². The Morgan fingerprint density at radius 2 is 2.09 bits per heavy atom. The highest BCUT2D eigenvalue weighted by molar-refractivity contribution is 9.10. The summed E-state index contributed by atoms with van der Waals surface area (Å²) in [6.07, 6.45) is 1.25. The molecule has 0 radical (unpaired) electrons. The molecule has 0 unspecified atom stereocenters. The van der Waals surface area contributed by atoms with Crippen LogP contribution in [0, 0.1) is 6.92 Å². The SMILES string of the molecule is CCS(=O)(=O)c1ncc(Br)c(C(=O)Nc2cc(Cl)ccc2C)n1. The molecule has 0 aliphatic carbocycles. The third kappa shape index (κ3) is 4.07. The van der Waals surface area contributed by atoms with Crippen molar-refractivity contribution in [2.75, 3.05) is 11.1 Å². The van der Waals surface area contributed by atoms with Gasteiger partial charge in [-0.25, -0.2) is 18.4 Å². The first kappa shape index (κ1) is 17.8. The van der Waals surface area contributed by atoms with Crippen LogP contribution >= 0.6 is 27.5 Å². The van der Waals surface area contributed by atoms with Gasteiger partial charge in [-0.2, -0.15) is 0 Å². The summed E-state index contributed by atoms with van der Waals surface area (Å²) in [5.74, 6) is -0.708. The number of aryl methyl sites for hydroxylation is 1. The van der Waals surface area contributed by atoms with Crippen LogP contribution in [0.2, 0.25) is 5.02 Å². The third-order valence-corrected chi connectivity index (χ3v) is 5.37. The van der Waals surface area contributed by atoms with E-state index >= 15 is 0 Å². The van der Waals surface area contributed by atoms with Gasteiger partial charge in [-0.05, 0) is 40.5 Å². The van der Waals surface area contributed by atoms with E-state index in [0.29, 0.717) is 15.2 Å². The van der Waals surface area contributed by atoms with Crippen molar-refractivity contribution in [1.29, 1.82) is 0 Å². The molecule has 122 valence electrons. The highest BCUT2D eigenvalue weighted by Crippen LogP contribution is 2.22.